The summed E-state index contributed by atoms with van der Waals surface area (Å²) >= 11 is 0. The molecule has 3 heteroatoms. The van der Waals surface area contributed by atoms with Crippen LogP contribution in [0.3, 0.4) is 0 Å². The number of hydrogen-bond donors (Lipinski definition) is 2. The third-order valence-electron chi connectivity index (χ3n) is 3.24. The molecule has 102 valence electrons. The van der Waals surface area contributed by atoms with Crippen molar-refractivity contribution < 1.29 is 14.9 Å². The number of aliphatic hydroxyl groups excluding tert-OH is 2. The Hall–Kier alpha value is -1.58. The van der Waals surface area contributed by atoms with E-state index in [1.165, 1.54) is 0 Å². The molecular formula is C16H20O3. The van der Waals surface area contributed by atoms with E-state index >= 15 is 0 Å². The van der Waals surface area contributed by atoms with Crippen molar-refractivity contribution in [1.82, 2.24) is 0 Å². The fourth-order valence-corrected chi connectivity index (χ4v) is 2.21. The second-order valence-corrected chi connectivity index (χ2v) is 4.64. The van der Waals surface area contributed by atoms with E-state index in [0.717, 1.165) is 28.5 Å². The summed E-state index contributed by atoms with van der Waals surface area (Å²) in [6.45, 7) is 2.68. The second-order valence-electron chi connectivity index (χ2n) is 4.64. The summed E-state index contributed by atoms with van der Waals surface area (Å²) in [5, 5.41) is 20.8. The lowest BCUT2D eigenvalue weighted by Gasteiger charge is -2.15. The van der Waals surface area contributed by atoms with E-state index in [2.05, 4.69) is 6.92 Å². The van der Waals surface area contributed by atoms with Gasteiger partial charge in [-0.1, -0.05) is 31.2 Å². The van der Waals surface area contributed by atoms with E-state index in [0.29, 0.717) is 6.61 Å². The number of aliphatic hydroxyl groups is 2. The van der Waals surface area contributed by atoms with Gasteiger partial charge in [-0.2, -0.15) is 0 Å². The summed E-state index contributed by atoms with van der Waals surface area (Å²) in [6.07, 6.45) is 0.981. The van der Waals surface area contributed by atoms with Crippen molar-refractivity contribution in [2.75, 3.05) is 19.8 Å². The van der Waals surface area contributed by atoms with Crippen LogP contribution in [0, 0.1) is 0 Å². The monoisotopic (exact) mass is 260 g/mol. The van der Waals surface area contributed by atoms with Gasteiger partial charge in [0.25, 0.3) is 0 Å². The van der Waals surface area contributed by atoms with Gasteiger partial charge in [-0.25, -0.2) is 0 Å². The summed E-state index contributed by atoms with van der Waals surface area (Å²) in [7, 11) is 0. The average Bonchev–Trinajstić information content (AvgIpc) is 2.46. The summed E-state index contributed by atoms with van der Waals surface area (Å²) in [5.74, 6) is 0.627. The maximum atomic E-state index is 9.32. The maximum absolute atomic E-state index is 9.32. The lowest BCUT2D eigenvalue weighted by Crippen LogP contribution is -2.09. The van der Waals surface area contributed by atoms with Crippen LogP contribution in [-0.2, 0) is 0 Å². The second kappa shape index (κ2) is 6.55. The highest BCUT2D eigenvalue weighted by molar-refractivity contribution is 5.87. The normalized spacial score (nSPS) is 11.2. The van der Waals surface area contributed by atoms with E-state index < -0.39 is 0 Å². The Morgan fingerprint density at radius 2 is 1.89 bits per heavy atom. The van der Waals surface area contributed by atoms with E-state index in [1.54, 1.807) is 0 Å². The summed E-state index contributed by atoms with van der Waals surface area (Å²) in [5.41, 5.74) is 0.976. The molecule has 0 spiro atoms. The summed E-state index contributed by atoms with van der Waals surface area (Å²) < 4.78 is 5.62. The maximum Gasteiger partial charge on any atom is 0.119 e. The predicted octanol–water partition coefficient (Wildman–Crippen LogP) is 2.70. The quantitative estimate of drug-likeness (QED) is 0.839. The Kier molecular flexibility index (Phi) is 4.77. The van der Waals surface area contributed by atoms with Crippen LogP contribution >= 0.6 is 0 Å². The van der Waals surface area contributed by atoms with Crippen LogP contribution in [-0.4, -0.2) is 30.0 Å². The first-order valence-corrected chi connectivity index (χ1v) is 6.67. The molecule has 0 amide bonds. The first kappa shape index (κ1) is 13.8. The van der Waals surface area contributed by atoms with Crippen LogP contribution in [0.5, 0.6) is 5.75 Å². The van der Waals surface area contributed by atoms with Gasteiger partial charge in [0.1, 0.15) is 5.75 Å². The van der Waals surface area contributed by atoms with Crippen LogP contribution in [0.25, 0.3) is 10.8 Å². The minimum atomic E-state index is -0.230. The topological polar surface area (TPSA) is 49.7 Å². The van der Waals surface area contributed by atoms with Gasteiger partial charge in [0, 0.05) is 5.92 Å². The molecule has 0 saturated heterocycles. The Balaban J connectivity index is 2.40. The number of rotatable bonds is 6. The van der Waals surface area contributed by atoms with Crippen LogP contribution in [0.4, 0.5) is 0 Å². The molecule has 2 N–H and O–H groups in total. The van der Waals surface area contributed by atoms with Crippen molar-refractivity contribution in [3.05, 3.63) is 42.0 Å². The SMILES string of the molecule is CCCOc1ccc2c(C(CO)CO)cccc2c1. The molecule has 0 unspecified atom stereocenters. The highest BCUT2D eigenvalue weighted by Crippen LogP contribution is 2.28. The molecule has 0 bridgehead atoms. The Morgan fingerprint density at radius 3 is 2.58 bits per heavy atom. The lowest BCUT2D eigenvalue weighted by atomic mass is 9.94. The van der Waals surface area contributed by atoms with E-state index in [9.17, 15) is 10.2 Å². The van der Waals surface area contributed by atoms with E-state index in [4.69, 9.17) is 4.74 Å². The summed E-state index contributed by atoms with van der Waals surface area (Å²) in [6, 6.07) is 11.8. The molecule has 0 aromatic heterocycles. The van der Waals surface area contributed by atoms with E-state index in [1.807, 2.05) is 36.4 Å². The number of ether oxygens (including phenoxy) is 1. The molecule has 0 aliphatic heterocycles. The van der Waals surface area contributed by atoms with Crippen molar-refractivity contribution >= 4 is 10.8 Å². The zero-order chi connectivity index (χ0) is 13.7. The highest BCUT2D eigenvalue weighted by Gasteiger charge is 2.12. The van der Waals surface area contributed by atoms with Gasteiger partial charge in [-0.05, 0) is 34.9 Å². The third-order valence-corrected chi connectivity index (χ3v) is 3.24. The molecule has 0 aliphatic rings. The Labute approximate surface area is 113 Å². The van der Waals surface area contributed by atoms with Crippen LogP contribution < -0.4 is 4.74 Å². The van der Waals surface area contributed by atoms with Gasteiger partial charge in [0.15, 0.2) is 0 Å². The molecule has 3 nitrogen and oxygen atoms in total. The number of benzene rings is 2. The standard InChI is InChI=1S/C16H20O3/c1-2-8-19-14-6-7-16-12(9-14)4-3-5-15(16)13(10-17)11-18/h3-7,9,13,17-18H,2,8,10-11H2,1H3. The fraction of sp³-hybridized carbons (Fsp3) is 0.375. The molecule has 0 radical (unpaired) electrons. The van der Waals surface area contributed by atoms with Crippen molar-refractivity contribution in [1.29, 1.82) is 0 Å². The van der Waals surface area contributed by atoms with Crippen molar-refractivity contribution in [2.45, 2.75) is 19.3 Å². The zero-order valence-corrected chi connectivity index (χ0v) is 11.2. The molecule has 0 fully saturated rings. The van der Waals surface area contributed by atoms with Crippen LogP contribution in [0.15, 0.2) is 36.4 Å². The first-order valence-electron chi connectivity index (χ1n) is 6.67. The molecule has 0 atom stereocenters. The lowest BCUT2D eigenvalue weighted by molar-refractivity contribution is 0.193. The molecule has 2 aromatic rings. The predicted molar refractivity (Wildman–Crippen MR) is 76.6 cm³/mol. The minimum absolute atomic E-state index is 0.0519. The van der Waals surface area contributed by atoms with Crippen molar-refractivity contribution in [2.24, 2.45) is 0 Å². The smallest absolute Gasteiger partial charge is 0.119 e. The molecule has 0 heterocycles. The fourth-order valence-electron chi connectivity index (χ4n) is 2.21. The van der Waals surface area contributed by atoms with Gasteiger partial charge >= 0.3 is 0 Å². The largest absolute Gasteiger partial charge is 0.494 e. The van der Waals surface area contributed by atoms with Crippen molar-refractivity contribution in [3.8, 4) is 5.75 Å². The molecule has 0 saturated carbocycles. The number of hydrogen-bond acceptors (Lipinski definition) is 3. The molecule has 19 heavy (non-hydrogen) atoms. The zero-order valence-electron chi connectivity index (χ0n) is 11.2. The molecule has 0 aliphatic carbocycles. The molecular weight excluding hydrogens is 240 g/mol. The highest BCUT2D eigenvalue weighted by atomic mass is 16.5. The Bertz CT molecular complexity index is 533. The minimum Gasteiger partial charge on any atom is -0.494 e. The van der Waals surface area contributed by atoms with Crippen molar-refractivity contribution in [3.63, 3.8) is 0 Å². The van der Waals surface area contributed by atoms with Gasteiger partial charge in [0.2, 0.25) is 0 Å². The van der Waals surface area contributed by atoms with E-state index in [-0.39, 0.29) is 19.1 Å². The van der Waals surface area contributed by atoms with Crippen LogP contribution in [0.2, 0.25) is 0 Å². The van der Waals surface area contributed by atoms with Gasteiger partial charge in [0.05, 0.1) is 19.8 Å². The summed E-state index contributed by atoms with van der Waals surface area (Å²) in [4.78, 5) is 0. The average molecular weight is 260 g/mol. The third kappa shape index (κ3) is 3.06. The Morgan fingerprint density at radius 1 is 1.11 bits per heavy atom. The number of fused-ring (bicyclic) bond motifs is 1. The van der Waals surface area contributed by atoms with Gasteiger partial charge in [-0.3, -0.25) is 0 Å². The molecule has 2 aromatic carbocycles. The van der Waals surface area contributed by atoms with Gasteiger partial charge < -0.3 is 14.9 Å². The first-order chi connectivity index (χ1) is 9.30. The van der Waals surface area contributed by atoms with Crippen LogP contribution in [0.1, 0.15) is 24.8 Å². The molecule has 2 rings (SSSR count). The van der Waals surface area contributed by atoms with Gasteiger partial charge in [-0.15, -0.1) is 0 Å².